The van der Waals surface area contributed by atoms with Gasteiger partial charge in [0.05, 0.1) is 33.3 Å². The lowest BCUT2D eigenvalue weighted by molar-refractivity contribution is 0.0995. The van der Waals surface area contributed by atoms with Crippen molar-refractivity contribution in [1.82, 2.24) is 3.59 Å². The molecule has 4 nitrogen and oxygen atoms in total. The van der Waals surface area contributed by atoms with Gasteiger partial charge in [-0.15, -0.1) is 0 Å². The van der Waals surface area contributed by atoms with E-state index in [9.17, 15) is 4.79 Å². The summed E-state index contributed by atoms with van der Waals surface area (Å²) in [5.74, 6) is -0.512. The Kier molecular flexibility index (Phi) is 2.21. The molecule has 74 valence electrons. The van der Waals surface area contributed by atoms with Crippen LogP contribution in [0.25, 0.3) is 10.9 Å². The summed E-state index contributed by atoms with van der Waals surface area (Å²) >= 11 is 3.23. The largest absolute Gasteiger partial charge is 0.364 e. The highest BCUT2D eigenvalue weighted by Crippen LogP contribution is 2.22. The number of nitriles is 1. The van der Waals surface area contributed by atoms with Crippen molar-refractivity contribution in [3.63, 3.8) is 0 Å². The van der Waals surface area contributed by atoms with Crippen LogP contribution in [0.4, 0.5) is 0 Å². The summed E-state index contributed by atoms with van der Waals surface area (Å²) in [5.41, 5.74) is 6.92. The van der Waals surface area contributed by atoms with Crippen LogP contribution in [0, 0.1) is 11.3 Å². The number of aromatic nitrogens is 1. The van der Waals surface area contributed by atoms with Crippen molar-refractivity contribution in [2.45, 2.75) is 0 Å². The number of rotatable bonds is 1. The maximum atomic E-state index is 11.1. The lowest BCUT2D eigenvalue weighted by Gasteiger charge is -1.96. The number of halogens is 1. The predicted molar refractivity (Wildman–Crippen MR) is 59.5 cm³/mol. The van der Waals surface area contributed by atoms with Crippen molar-refractivity contribution in [3.05, 3.63) is 35.5 Å². The average molecular weight is 264 g/mol. The van der Waals surface area contributed by atoms with Crippen molar-refractivity contribution in [2.24, 2.45) is 5.73 Å². The van der Waals surface area contributed by atoms with Gasteiger partial charge < -0.3 is 5.73 Å². The van der Waals surface area contributed by atoms with E-state index in [0.717, 1.165) is 10.9 Å². The molecule has 0 unspecified atom stereocenters. The molecule has 0 aliphatic heterocycles. The fraction of sp³-hybridized carbons (Fsp3) is 0. The zero-order valence-electron chi connectivity index (χ0n) is 7.57. The summed E-state index contributed by atoms with van der Waals surface area (Å²) in [6.07, 6.45) is 0. The molecule has 1 aromatic heterocycles. The van der Waals surface area contributed by atoms with Crippen molar-refractivity contribution < 1.29 is 4.79 Å². The molecule has 0 radical (unpaired) electrons. The Morgan fingerprint density at radius 1 is 1.47 bits per heavy atom. The minimum absolute atomic E-state index is 0.361. The van der Waals surface area contributed by atoms with Crippen molar-refractivity contribution in [2.75, 3.05) is 0 Å². The second-order valence-electron chi connectivity index (χ2n) is 3.06. The smallest absolute Gasteiger partial charge is 0.266 e. The number of hydrogen-bond acceptors (Lipinski definition) is 2. The van der Waals surface area contributed by atoms with Crippen LogP contribution in [0.15, 0.2) is 24.3 Å². The van der Waals surface area contributed by atoms with Crippen molar-refractivity contribution in [1.29, 1.82) is 5.26 Å². The average Bonchev–Trinajstić information content (AvgIpc) is 2.55. The van der Waals surface area contributed by atoms with E-state index >= 15 is 0 Å². The lowest BCUT2D eigenvalue weighted by atomic mass is 10.2. The third-order valence-electron chi connectivity index (χ3n) is 2.12. The molecule has 1 heterocycles. The van der Waals surface area contributed by atoms with Crippen LogP contribution in [0.1, 0.15) is 16.1 Å². The van der Waals surface area contributed by atoms with E-state index in [1.54, 1.807) is 24.3 Å². The first kappa shape index (κ1) is 9.74. The quantitative estimate of drug-likeness (QED) is 0.852. The maximum Gasteiger partial charge on any atom is 0.266 e. The number of carbonyl (C=O) groups excluding carboxylic acids is 1. The van der Waals surface area contributed by atoms with Gasteiger partial charge in [-0.2, -0.15) is 5.26 Å². The maximum absolute atomic E-state index is 11.1. The molecule has 0 atom stereocenters. The highest BCUT2D eigenvalue weighted by atomic mass is 79.9. The first-order valence-corrected chi connectivity index (χ1v) is 4.86. The highest BCUT2D eigenvalue weighted by molar-refractivity contribution is 9.08. The van der Waals surface area contributed by atoms with E-state index in [1.807, 2.05) is 6.07 Å². The molecular weight excluding hydrogens is 258 g/mol. The lowest BCUT2D eigenvalue weighted by Crippen LogP contribution is -2.13. The van der Waals surface area contributed by atoms with E-state index in [1.165, 1.54) is 3.59 Å². The van der Waals surface area contributed by atoms with Gasteiger partial charge >= 0.3 is 0 Å². The predicted octanol–water partition coefficient (Wildman–Crippen LogP) is 1.77. The van der Waals surface area contributed by atoms with Gasteiger partial charge in [-0.25, -0.2) is 0 Å². The first-order valence-electron chi connectivity index (χ1n) is 4.15. The monoisotopic (exact) mass is 263 g/mol. The van der Waals surface area contributed by atoms with Gasteiger partial charge in [-0.3, -0.25) is 8.39 Å². The Labute approximate surface area is 94.2 Å². The zero-order chi connectivity index (χ0) is 11.0. The van der Waals surface area contributed by atoms with E-state index in [-0.39, 0.29) is 0 Å². The highest BCUT2D eigenvalue weighted by Gasteiger charge is 2.11. The minimum atomic E-state index is -0.512. The number of nitrogens with two attached hydrogens (primary N) is 1. The van der Waals surface area contributed by atoms with Gasteiger partial charge in [0, 0.05) is 5.39 Å². The molecule has 2 aromatic rings. The number of nitrogens with zero attached hydrogens (tertiary/aromatic N) is 2. The Hall–Kier alpha value is -1.80. The van der Waals surface area contributed by atoms with E-state index in [0.29, 0.717) is 11.3 Å². The number of primary amides is 1. The zero-order valence-corrected chi connectivity index (χ0v) is 9.15. The summed E-state index contributed by atoms with van der Waals surface area (Å²) in [7, 11) is 0. The van der Waals surface area contributed by atoms with Crippen molar-refractivity contribution >= 4 is 33.0 Å². The molecule has 0 bridgehead atoms. The summed E-state index contributed by atoms with van der Waals surface area (Å²) in [6, 6.07) is 8.83. The van der Waals surface area contributed by atoms with E-state index in [2.05, 4.69) is 16.1 Å². The molecule has 0 saturated carbocycles. The summed E-state index contributed by atoms with van der Waals surface area (Å²) in [5, 5.41) is 9.53. The standard InChI is InChI=1S/C10H6BrN3O/c11-14-8-2-1-6(5-12)3-7(8)4-9(14)10(13)15/h1-4H,(H2,13,15). The number of hydrogen-bond donors (Lipinski definition) is 1. The molecule has 0 aliphatic carbocycles. The molecule has 0 aliphatic rings. The Morgan fingerprint density at radius 2 is 2.20 bits per heavy atom. The molecule has 2 N–H and O–H groups in total. The van der Waals surface area contributed by atoms with Gasteiger partial charge in [-0.05, 0) is 24.3 Å². The van der Waals surface area contributed by atoms with E-state index < -0.39 is 5.91 Å². The van der Waals surface area contributed by atoms with Gasteiger partial charge in [0.15, 0.2) is 0 Å². The fourth-order valence-electron chi connectivity index (χ4n) is 1.42. The molecule has 0 saturated heterocycles. The fourth-order valence-corrected chi connectivity index (χ4v) is 2.02. The number of fused-ring (bicyclic) bond motifs is 1. The van der Waals surface area contributed by atoms with E-state index in [4.69, 9.17) is 11.0 Å². The number of benzene rings is 1. The van der Waals surface area contributed by atoms with Crippen LogP contribution >= 0.6 is 16.1 Å². The molecule has 15 heavy (non-hydrogen) atoms. The Bertz CT molecular complexity index is 594. The van der Waals surface area contributed by atoms with Gasteiger partial charge in [0.25, 0.3) is 5.91 Å². The van der Waals surface area contributed by atoms with Crippen LogP contribution in [-0.2, 0) is 0 Å². The topological polar surface area (TPSA) is 71.8 Å². The second kappa shape index (κ2) is 3.41. The van der Waals surface area contributed by atoms with Crippen LogP contribution < -0.4 is 5.73 Å². The third kappa shape index (κ3) is 1.49. The summed E-state index contributed by atoms with van der Waals surface area (Å²) in [6.45, 7) is 0. The van der Waals surface area contributed by atoms with Gasteiger partial charge in [-0.1, -0.05) is 0 Å². The molecule has 5 heteroatoms. The molecular formula is C10H6BrN3O. The third-order valence-corrected chi connectivity index (χ3v) is 2.89. The second-order valence-corrected chi connectivity index (χ2v) is 3.77. The Balaban J connectivity index is 2.77. The normalized spacial score (nSPS) is 10.1. The van der Waals surface area contributed by atoms with Crippen LogP contribution in [0.2, 0.25) is 0 Å². The molecule has 2 rings (SSSR count). The summed E-state index contributed by atoms with van der Waals surface area (Å²) in [4.78, 5) is 11.1. The first-order chi connectivity index (χ1) is 7.13. The van der Waals surface area contributed by atoms with Crippen LogP contribution in [-0.4, -0.2) is 9.50 Å². The van der Waals surface area contributed by atoms with Crippen LogP contribution in [0.3, 0.4) is 0 Å². The van der Waals surface area contributed by atoms with Gasteiger partial charge in [0.2, 0.25) is 0 Å². The number of amides is 1. The SMILES string of the molecule is N#Cc1ccc2c(c1)cc(C(N)=O)n2Br. The molecule has 1 amide bonds. The minimum Gasteiger partial charge on any atom is -0.364 e. The summed E-state index contributed by atoms with van der Waals surface area (Å²) < 4.78 is 1.53. The van der Waals surface area contributed by atoms with Gasteiger partial charge in [0.1, 0.15) is 5.69 Å². The van der Waals surface area contributed by atoms with Crippen molar-refractivity contribution in [3.8, 4) is 6.07 Å². The number of carbonyl (C=O) groups is 1. The van der Waals surface area contributed by atoms with Crippen LogP contribution in [0.5, 0.6) is 0 Å². The molecule has 0 spiro atoms. The Morgan fingerprint density at radius 3 is 2.80 bits per heavy atom. The molecule has 0 fully saturated rings. The molecule has 1 aromatic carbocycles.